The van der Waals surface area contributed by atoms with Crippen LogP contribution in [-0.4, -0.2) is 61.7 Å². The maximum Gasteiger partial charge on any atom is 0.251 e. The van der Waals surface area contributed by atoms with Gasteiger partial charge in [0.1, 0.15) is 0 Å². The highest BCUT2D eigenvalue weighted by Crippen LogP contribution is 2.62. The van der Waals surface area contributed by atoms with Crippen LogP contribution < -0.4 is 5.32 Å². The summed E-state index contributed by atoms with van der Waals surface area (Å²) >= 11 is 0. The molecule has 1 heterocycles. The number of amides is 2. The Hall–Kier alpha value is -1.93. The zero-order chi connectivity index (χ0) is 25.8. The van der Waals surface area contributed by atoms with E-state index in [0.29, 0.717) is 43.1 Å². The zero-order valence-corrected chi connectivity index (χ0v) is 22.9. The Morgan fingerprint density at radius 3 is 2.43 bits per heavy atom. The van der Waals surface area contributed by atoms with Gasteiger partial charge in [-0.15, -0.1) is 0 Å². The van der Waals surface area contributed by atoms with Crippen molar-refractivity contribution in [2.45, 2.75) is 78.2 Å². The lowest BCUT2D eigenvalue weighted by Gasteiger charge is -2.43. The quantitative estimate of drug-likeness (QED) is 0.613. The highest BCUT2D eigenvalue weighted by atomic mass is 32.2. The summed E-state index contributed by atoms with van der Waals surface area (Å²) in [4.78, 5) is 28.0. The van der Waals surface area contributed by atoms with Crippen LogP contribution in [0.15, 0.2) is 23.1 Å². The summed E-state index contributed by atoms with van der Waals surface area (Å²) < 4.78 is 28.6. The van der Waals surface area contributed by atoms with E-state index >= 15 is 0 Å². The second-order valence-corrected chi connectivity index (χ2v) is 13.6. The summed E-state index contributed by atoms with van der Waals surface area (Å²) in [5.74, 6) is 0.0787. The summed E-state index contributed by atoms with van der Waals surface area (Å²) in [6.07, 6.45) is 3.96. The second kappa shape index (κ2) is 9.18. The number of aryl methyl sites for hydroxylation is 1. The van der Waals surface area contributed by atoms with Gasteiger partial charge in [-0.2, -0.15) is 4.31 Å². The average Bonchev–Trinajstić information content (AvgIpc) is 3.50. The molecule has 194 valence electrons. The molecular formula is C27H41N3O4S. The van der Waals surface area contributed by atoms with Gasteiger partial charge in [-0.05, 0) is 80.9 Å². The number of carbonyl (C=O) groups is 2. The van der Waals surface area contributed by atoms with Crippen LogP contribution in [0.3, 0.4) is 0 Å². The minimum Gasteiger partial charge on any atom is -0.348 e. The van der Waals surface area contributed by atoms with Crippen molar-refractivity contribution in [3.8, 4) is 0 Å². The molecule has 4 rings (SSSR count). The summed E-state index contributed by atoms with van der Waals surface area (Å²) in [5.41, 5.74) is 1.08. The van der Waals surface area contributed by atoms with Gasteiger partial charge in [-0.3, -0.25) is 9.59 Å². The molecule has 2 bridgehead atoms. The van der Waals surface area contributed by atoms with Crippen LogP contribution in [0.1, 0.15) is 76.2 Å². The normalized spacial score (nSPS) is 29.9. The van der Waals surface area contributed by atoms with Crippen molar-refractivity contribution in [3.63, 3.8) is 0 Å². The number of fused-ring (bicyclic) bond motifs is 2. The monoisotopic (exact) mass is 503 g/mol. The molecule has 35 heavy (non-hydrogen) atoms. The van der Waals surface area contributed by atoms with E-state index in [-0.39, 0.29) is 46.0 Å². The van der Waals surface area contributed by atoms with Gasteiger partial charge >= 0.3 is 0 Å². The van der Waals surface area contributed by atoms with E-state index in [1.807, 2.05) is 13.8 Å². The molecule has 3 fully saturated rings. The molecule has 4 atom stereocenters. The number of nitrogens with zero attached hydrogens (tertiary/aromatic N) is 2. The molecule has 1 saturated heterocycles. The SMILES string of the molecule is CCN(CC)C(=O)C1CCN(S(=O)(=O)c2cc(C(=O)NC3C4(C)CC[C@H](C4)C3(C)C)ccc2C)C1. The first-order chi connectivity index (χ1) is 16.3. The van der Waals surface area contributed by atoms with Gasteiger partial charge in [0.25, 0.3) is 5.91 Å². The maximum absolute atomic E-state index is 13.6. The lowest BCUT2D eigenvalue weighted by atomic mass is 9.68. The Balaban J connectivity index is 1.53. The minimum absolute atomic E-state index is 0.0134. The molecule has 1 N–H and O–H groups in total. The third-order valence-electron chi connectivity index (χ3n) is 9.19. The van der Waals surface area contributed by atoms with Crippen molar-refractivity contribution in [1.82, 2.24) is 14.5 Å². The standard InChI is InChI=1S/C27H41N3O4S/c1-7-29(8-2)24(32)20-12-14-30(17-20)35(33,34)22-15-19(10-9-18(22)3)23(31)28-25-26(4,5)21-11-13-27(25,6)16-21/h9-10,15,20-21,25H,7-8,11-14,16-17H2,1-6H3,(H,28,31)/t20?,21-,25?,27?/m1/s1. The highest BCUT2D eigenvalue weighted by molar-refractivity contribution is 7.89. The number of sulfonamides is 1. The van der Waals surface area contributed by atoms with Crippen LogP contribution >= 0.6 is 0 Å². The third-order valence-corrected chi connectivity index (χ3v) is 11.2. The molecule has 2 saturated carbocycles. The topological polar surface area (TPSA) is 86.8 Å². The fourth-order valence-corrected chi connectivity index (χ4v) is 8.73. The van der Waals surface area contributed by atoms with Crippen molar-refractivity contribution < 1.29 is 18.0 Å². The number of nitrogens with one attached hydrogen (secondary N) is 1. The van der Waals surface area contributed by atoms with E-state index in [1.54, 1.807) is 24.0 Å². The summed E-state index contributed by atoms with van der Waals surface area (Å²) in [6, 6.07) is 5.00. The van der Waals surface area contributed by atoms with E-state index in [9.17, 15) is 18.0 Å². The number of carbonyl (C=O) groups excluding carboxylic acids is 2. The molecule has 8 heteroatoms. The predicted molar refractivity (Wildman–Crippen MR) is 136 cm³/mol. The van der Waals surface area contributed by atoms with E-state index < -0.39 is 10.0 Å². The van der Waals surface area contributed by atoms with E-state index in [4.69, 9.17) is 0 Å². The molecule has 1 aliphatic heterocycles. The van der Waals surface area contributed by atoms with Crippen LogP contribution in [0.5, 0.6) is 0 Å². The van der Waals surface area contributed by atoms with Crippen LogP contribution in [-0.2, 0) is 14.8 Å². The molecule has 0 aromatic heterocycles. The van der Waals surface area contributed by atoms with Crippen LogP contribution in [0.2, 0.25) is 0 Å². The molecule has 2 aliphatic carbocycles. The first-order valence-corrected chi connectivity index (χ1v) is 14.5. The maximum atomic E-state index is 13.6. The Labute approximate surface area is 210 Å². The van der Waals surface area contributed by atoms with Crippen LogP contribution in [0, 0.1) is 29.6 Å². The highest BCUT2D eigenvalue weighted by Gasteiger charge is 2.59. The predicted octanol–water partition coefficient (Wildman–Crippen LogP) is 3.82. The number of hydrogen-bond acceptors (Lipinski definition) is 4. The fourth-order valence-electron chi connectivity index (χ4n) is 6.98. The van der Waals surface area contributed by atoms with Gasteiger partial charge in [-0.1, -0.05) is 26.8 Å². The number of rotatable bonds is 7. The lowest BCUT2D eigenvalue weighted by Crippen LogP contribution is -2.52. The molecule has 3 aliphatic rings. The second-order valence-electron chi connectivity index (χ2n) is 11.7. The largest absolute Gasteiger partial charge is 0.348 e. The molecule has 1 aromatic carbocycles. The first kappa shape index (κ1) is 26.1. The Morgan fingerprint density at radius 2 is 1.83 bits per heavy atom. The van der Waals surface area contributed by atoms with Gasteiger partial charge < -0.3 is 10.2 Å². The van der Waals surface area contributed by atoms with Gasteiger partial charge in [-0.25, -0.2) is 8.42 Å². The van der Waals surface area contributed by atoms with Crippen molar-refractivity contribution >= 4 is 21.8 Å². The smallest absolute Gasteiger partial charge is 0.251 e. The minimum atomic E-state index is -3.82. The summed E-state index contributed by atoms with van der Waals surface area (Å²) in [6.45, 7) is 14.1. The van der Waals surface area contributed by atoms with Crippen LogP contribution in [0.4, 0.5) is 0 Å². The molecule has 0 radical (unpaired) electrons. The van der Waals surface area contributed by atoms with Crippen molar-refractivity contribution in [1.29, 1.82) is 0 Å². The summed E-state index contributed by atoms with van der Waals surface area (Å²) in [5, 5.41) is 3.27. The van der Waals surface area contributed by atoms with Gasteiger partial charge in [0.15, 0.2) is 0 Å². The fraction of sp³-hybridized carbons (Fsp3) is 0.704. The van der Waals surface area contributed by atoms with Gasteiger partial charge in [0.05, 0.1) is 10.8 Å². The molecule has 7 nitrogen and oxygen atoms in total. The third kappa shape index (κ3) is 4.41. The molecule has 3 unspecified atom stereocenters. The summed E-state index contributed by atoms with van der Waals surface area (Å²) in [7, 11) is -3.82. The van der Waals surface area contributed by atoms with Gasteiger partial charge in [0.2, 0.25) is 15.9 Å². The first-order valence-electron chi connectivity index (χ1n) is 13.1. The van der Waals surface area contributed by atoms with Crippen molar-refractivity contribution in [3.05, 3.63) is 29.3 Å². The Bertz CT molecular complexity index is 1110. The van der Waals surface area contributed by atoms with Crippen LogP contribution in [0.25, 0.3) is 0 Å². The van der Waals surface area contributed by atoms with Crippen molar-refractivity contribution in [2.24, 2.45) is 22.7 Å². The average molecular weight is 504 g/mol. The van der Waals surface area contributed by atoms with Gasteiger partial charge in [0, 0.05) is 37.8 Å². The van der Waals surface area contributed by atoms with Crippen molar-refractivity contribution in [2.75, 3.05) is 26.2 Å². The lowest BCUT2D eigenvalue weighted by molar-refractivity contribution is -0.134. The Kier molecular flexibility index (Phi) is 6.86. The molecule has 1 aromatic rings. The number of benzene rings is 1. The molecule has 2 amide bonds. The Morgan fingerprint density at radius 1 is 1.14 bits per heavy atom. The van der Waals surface area contributed by atoms with E-state index in [1.165, 1.54) is 16.8 Å². The van der Waals surface area contributed by atoms with E-state index in [2.05, 4.69) is 26.1 Å². The van der Waals surface area contributed by atoms with E-state index in [0.717, 1.165) is 12.8 Å². The molecular weight excluding hydrogens is 462 g/mol. The number of hydrogen-bond donors (Lipinski definition) is 1. The zero-order valence-electron chi connectivity index (χ0n) is 22.1. The molecule has 0 spiro atoms.